The van der Waals surface area contributed by atoms with Crippen molar-refractivity contribution in [2.45, 2.75) is 18.7 Å². The van der Waals surface area contributed by atoms with Crippen molar-refractivity contribution in [3.05, 3.63) is 98.4 Å². The first-order valence-corrected chi connectivity index (χ1v) is 10.8. The monoisotopic (exact) mass is 453 g/mol. The zero-order chi connectivity index (χ0) is 21.4. The number of nitrogens with zero attached hydrogens (tertiary/aromatic N) is 1. The lowest BCUT2D eigenvalue weighted by atomic mass is 10.1. The number of halogens is 2. The summed E-state index contributed by atoms with van der Waals surface area (Å²) in [5.41, 5.74) is 3.56. The summed E-state index contributed by atoms with van der Waals surface area (Å²) in [4.78, 5) is 29.3. The largest absolute Gasteiger partial charge is 0.272 e. The highest BCUT2D eigenvalue weighted by atomic mass is 35.5. The Labute approximate surface area is 189 Å². The number of aryl methyl sites for hydroxylation is 2. The molecule has 4 rings (SSSR count). The molecule has 0 saturated heterocycles. The first kappa shape index (κ1) is 20.7. The molecule has 3 nitrogen and oxygen atoms in total. The summed E-state index contributed by atoms with van der Waals surface area (Å²) in [6.07, 6.45) is 0. The van der Waals surface area contributed by atoms with E-state index in [1.54, 1.807) is 36.4 Å². The number of imide groups is 1. The Morgan fingerprint density at radius 1 is 0.733 bits per heavy atom. The molecule has 0 N–H and O–H groups in total. The van der Waals surface area contributed by atoms with Crippen molar-refractivity contribution in [2.24, 2.45) is 0 Å². The Bertz CT molecular complexity index is 1160. The Morgan fingerprint density at radius 2 is 1.27 bits per heavy atom. The standard InChI is InChI=1S/C24H17Cl2NO2S/c1-14-11-15(2)13-19(12-14)27-23(28)21(16-3-5-17(25)6-4-16)22(24(27)29)30-20-9-7-18(26)8-10-20/h3-13H,1-2H3. The van der Waals surface area contributed by atoms with Gasteiger partial charge in [-0.15, -0.1) is 0 Å². The molecule has 0 saturated carbocycles. The molecule has 0 aliphatic carbocycles. The third-order valence-electron chi connectivity index (χ3n) is 4.67. The van der Waals surface area contributed by atoms with E-state index in [4.69, 9.17) is 23.2 Å². The summed E-state index contributed by atoms with van der Waals surface area (Å²) in [7, 11) is 0. The fourth-order valence-electron chi connectivity index (χ4n) is 3.41. The van der Waals surface area contributed by atoms with Crippen molar-refractivity contribution in [3.63, 3.8) is 0 Å². The third kappa shape index (κ3) is 4.04. The van der Waals surface area contributed by atoms with Crippen LogP contribution in [0, 0.1) is 13.8 Å². The summed E-state index contributed by atoms with van der Waals surface area (Å²) in [5, 5.41) is 1.17. The Kier molecular flexibility index (Phi) is 5.74. The van der Waals surface area contributed by atoms with Crippen molar-refractivity contribution in [1.82, 2.24) is 0 Å². The van der Waals surface area contributed by atoms with Crippen molar-refractivity contribution in [2.75, 3.05) is 4.90 Å². The van der Waals surface area contributed by atoms with Crippen LogP contribution in [0.25, 0.3) is 5.57 Å². The van der Waals surface area contributed by atoms with Gasteiger partial charge in [-0.2, -0.15) is 0 Å². The van der Waals surface area contributed by atoms with Gasteiger partial charge in [-0.05, 0) is 79.1 Å². The van der Waals surface area contributed by atoms with Gasteiger partial charge in [0.1, 0.15) is 0 Å². The van der Waals surface area contributed by atoms with Crippen LogP contribution in [0.15, 0.2) is 76.5 Å². The number of rotatable bonds is 4. The number of amides is 2. The summed E-state index contributed by atoms with van der Waals surface area (Å²) >= 11 is 13.3. The topological polar surface area (TPSA) is 37.4 Å². The molecule has 0 atom stereocenters. The Morgan fingerprint density at radius 3 is 1.83 bits per heavy atom. The van der Waals surface area contributed by atoms with E-state index in [-0.39, 0.29) is 11.8 Å². The summed E-state index contributed by atoms with van der Waals surface area (Å²) in [6.45, 7) is 3.89. The molecule has 30 heavy (non-hydrogen) atoms. The van der Waals surface area contributed by atoms with Gasteiger partial charge in [0, 0.05) is 14.9 Å². The van der Waals surface area contributed by atoms with E-state index in [2.05, 4.69) is 0 Å². The van der Waals surface area contributed by atoms with Crippen LogP contribution in [0.1, 0.15) is 16.7 Å². The van der Waals surface area contributed by atoms with Crippen molar-refractivity contribution >= 4 is 58.0 Å². The molecule has 1 aliphatic rings. The highest BCUT2D eigenvalue weighted by Crippen LogP contribution is 2.42. The number of thioether (sulfide) groups is 1. The van der Waals surface area contributed by atoms with Crippen LogP contribution in [-0.2, 0) is 9.59 Å². The van der Waals surface area contributed by atoms with E-state index in [1.165, 1.54) is 16.7 Å². The van der Waals surface area contributed by atoms with Crippen LogP contribution in [0.5, 0.6) is 0 Å². The molecule has 0 spiro atoms. The molecule has 1 heterocycles. The highest BCUT2D eigenvalue weighted by molar-refractivity contribution is 8.04. The summed E-state index contributed by atoms with van der Waals surface area (Å²) < 4.78 is 0. The SMILES string of the molecule is Cc1cc(C)cc(N2C(=O)C(Sc3ccc(Cl)cc3)=C(c3ccc(Cl)cc3)C2=O)c1. The fourth-order valence-corrected chi connectivity index (χ4v) is 4.66. The lowest BCUT2D eigenvalue weighted by Gasteiger charge is -2.16. The first-order chi connectivity index (χ1) is 14.3. The van der Waals surface area contributed by atoms with Gasteiger partial charge in [-0.25, -0.2) is 4.90 Å². The van der Waals surface area contributed by atoms with Crippen LogP contribution >= 0.6 is 35.0 Å². The Hall–Kier alpha value is -2.53. The van der Waals surface area contributed by atoms with Gasteiger partial charge >= 0.3 is 0 Å². The van der Waals surface area contributed by atoms with E-state index in [1.807, 2.05) is 44.2 Å². The van der Waals surface area contributed by atoms with Gasteiger partial charge in [0.25, 0.3) is 11.8 Å². The second-order valence-corrected chi connectivity index (χ2v) is 9.02. The molecule has 0 radical (unpaired) electrons. The van der Waals surface area contributed by atoms with Crippen LogP contribution in [0.2, 0.25) is 10.0 Å². The highest BCUT2D eigenvalue weighted by Gasteiger charge is 2.40. The minimum atomic E-state index is -0.344. The molecular weight excluding hydrogens is 437 g/mol. The molecule has 0 unspecified atom stereocenters. The van der Waals surface area contributed by atoms with Crippen LogP contribution < -0.4 is 4.90 Å². The van der Waals surface area contributed by atoms with Gasteiger partial charge in [0.15, 0.2) is 0 Å². The number of hydrogen-bond donors (Lipinski definition) is 0. The molecule has 2 amide bonds. The van der Waals surface area contributed by atoms with Gasteiger partial charge < -0.3 is 0 Å². The van der Waals surface area contributed by atoms with Gasteiger partial charge in [-0.3, -0.25) is 9.59 Å². The second-order valence-electron chi connectivity index (χ2n) is 7.06. The molecule has 0 bridgehead atoms. The molecule has 0 aromatic heterocycles. The van der Waals surface area contributed by atoms with Crippen LogP contribution in [-0.4, -0.2) is 11.8 Å². The lowest BCUT2D eigenvalue weighted by Crippen LogP contribution is -2.31. The predicted octanol–water partition coefficient (Wildman–Crippen LogP) is 6.69. The minimum absolute atomic E-state index is 0.338. The van der Waals surface area contributed by atoms with Crippen LogP contribution in [0.3, 0.4) is 0 Å². The van der Waals surface area contributed by atoms with Gasteiger partial charge in [0.2, 0.25) is 0 Å². The van der Waals surface area contributed by atoms with Crippen LogP contribution in [0.4, 0.5) is 5.69 Å². The molecule has 3 aromatic rings. The quantitative estimate of drug-likeness (QED) is 0.413. The number of hydrogen-bond acceptors (Lipinski definition) is 3. The van der Waals surface area contributed by atoms with Crippen molar-refractivity contribution in [3.8, 4) is 0 Å². The van der Waals surface area contributed by atoms with E-state index in [9.17, 15) is 9.59 Å². The number of carbonyl (C=O) groups excluding carboxylic acids is 2. The van der Waals surface area contributed by atoms with Crippen molar-refractivity contribution < 1.29 is 9.59 Å². The summed E-state index contributed by atoms with van der Waals surface area (Å²) in [5.74, 6) is -0.682. The third-order valence-corrected chi connectivity index (χ3v) is 6.27. The smallest absolute Gasteiger partial charge is 0.268 e. The zero-order valence-electron chi connectivity index (χ0n) is 16.3. The van der Waals surface area contributed by atoms with E-state index in [0.29, 0.717) is 31.8 Å². The Balaban J connectivity index is 1.83. The maximum absolute atomic E-state index is 13.5. The predicted molar refractivity (Wildman–Crippen MR) is 124 cm³/mol. The molecule has 0 fully saturated rings. The fraction of sp³-hybridized carbons (Fsp3) is 0.0833. The van der Waals surface area contributed by atoms with E-state index in [0.717, 1.165) is 16.0 Å². The van der Waals surface area contributed by atoms with Gasteiger partial charge in [-0.1, -0.05) is 53.2 Å². The normalized spacial score (nSPS) is 14.1. The second kappa shape index (κ2) is 8.31. The number of carbonyl (C=O) groups is 2. The molecule has 6 heteroatoms. The summed E-state index contributed by atoms with van der Waals surface area (Å²) in [6, 6.07) is 19.8. The van der Waals surface area contributed by atoms with E-state index >= 15 is 0 Å². The molecule has 150 valence electrons. The average molecular weight is 454 g/mol. The maximum atomic E-state index is 13.5. The maximum Gasteiger partial charge on any atom is 0.272 e. The number of benzene rings is 3. The van der Waals surface area contributed by atoms with Crippen molar-refractivity contribution in [1.29, 1.82) is 0 Å². The number of anilines is 1. The average Bonchev–Trinajstić information content (AvgIpc) is 2.93. The van der Waals surface area contributed by atoms with Gasteiger partial charge in [0.05, 0.1) is 16.2 Å². The molecule has 1 aliphatic heterocycles. The molecule has 3 aromatic carbocycles. The minimum Gasteiger partial charge on any atom is -0.268 e. The van der Waals surface area contributed by atoms with E-state index < -0.39 is 0 Å². The zero-order valence-corrected chi connectivity index (χ0v) is 18.6. The first-order valence-electron chi connectivity index (χ1n) is 9.24. The lowest BCUT2D eigenvalue weighted by molar-refractivity contribution is -0.119. The molecular formula is C24H17Cl2NO2S.